The molecule has 0 bridgehead atoms. The van der Waals surface area contributed by atoms with Crippen LogP contribution < -0.4 is 10.1 Å². The Bertz CT molecular complexity index is 468. The third kappa shape index (κ3) is 3.03. The van der Waals surface area contributed by atoms with Gasteiger partial charge in [-0.25, -0.2) is 4.98 Å². The lowest BCUT2D eigenvalue weighted by atomic mass is 10.1. The normalized spacial score (nSPS) is 22.0. The van der Waals surface area contributed by atoms with Crippen molar-refractivity contribution in [2.45, 2.75) is 39.0 Å². The van der Waals surface area contributed by atoms with Gasteiger partial charge in [-0.05, 0) is 33.1 Å². The second-order valence-corrected chi connectivity index (χ2v) is 5.71. The van der Waals surface area contributed by atoms with E-state index in [4.69, 9.17) is 9.47 Å². The highest BCUT2D eigenvalue weighted by molar-refractivity contribution is 5.49. The van der Waals surface area contributed by atoms with Crippen LogP contribution in [0.1, 0.15) is 43.5 Å². The fraction of sp³-hybridized carbons (Fsp3) is 0.733. The Labute approximate surface area is 120 Å². The van der Waals surface area contributed by atoms with Crippen molar-refractivity contribution in [3.05, 3.63) is 11.4 Å². The summed E-state index contributed by atoms with van der Waals surface area (Å²) < 4.78 is 11.3. The number of rotatable bonds is 6. The molecule has 5 heteroatoms. The fourth-order valence-corrected chi connectivity index (χ4v) is 2.43. The zero-order chi connectivity index (χ0) is 13.9. The van der Waals surface area contributed by atoms with Gasteiger partial charge in [0.15, 0.2) is 0 Å². The topological polar surface area (TPSA) is 56.3 Å². The molecule has 5 nitrogen and oxygen atoms in total. The van der Waals surface area contributed by atoms with Gasteiger partial charge in [0.1, 0.15) is 11.6 Å². The van der Waals surface area contributed by atoms with Gasteiger partial charge in [-0.3, -0.25) is 0 Å². The number of hydrogen-bond acceptors (Lipinski definition) is 5. The number of ether oxygens (including phenoxy) is 2. The van der Waals surface area contributed by atoms with E-state index >= 15 is 0 Å². The van der Waals surface area contributed by atoms with Gasteiger partial charge < -0.3 is 14.8 Å². The van der Waals surface area contributed by atoms with Gasteiger partial charge >= 0.3 is 0 Å². The van der Waals surface area contributed by atoms with Gasteiger partial charge in [0.2, 0.25) is 5.88 Å². The van der Waals surface area contributed by atoms with Gasteiger partial charge in [-0.1, -0.05) is 0 Å². The lowest BCUT2D eigenvalue weighted by Crippen LogP contribution is -2.15. The van der Waals surface area contributed by atoms with Gasteiger partial charge in [0, 0.05) is 25.0 Å². The SMILES string of the molecule is CCNc1nc(C2CC2)nc(OCC2CCOC2)c1C. The van der Waals surface area contributed by atoms with E-state index in [0.717, 1.165) is 49.3 Å². The Kier molecular flexibility index (Phi) is 4.05. The molecule has 1 aromatic rings. The number of nitrogens with zero attached hydrogens (tertiary/aromatic N) is 2. The van der Waals surface area contributed by atoms with Crippen LogP contribution in [0.4, 0.5) is 5.82 Å². The predicted octanol–water partition coefficient (Wildman–Crippen LogP) is 2.51. The summed E-state index contributed by atoms with van der Waals surface area (Å²) in [6, 6.07) is 0. The third-order valence-electron chi connectivity index (χ3n) is 3.88. The zero-order valence-electron chi connectivity index (χ0n) is 12.3. The molecule has 0 amide bonds. The molecule has 1 aliphatic carbocycles. The van der Waals surface area contributed by atoms with Crippen molar-refractivity contribution in [2.24, 2.45) is 5.92 Å². The molecule has 1 saturated heterocycles. The van der Waals surface area contributed by atoms with Crippen LogP contribution >= 0.6 is 0 Å². The molecule has 0 aromatic carbocycles. The summed E-state index contributed by atoms with van der Waals surface area (Å²) in [5, 5.41) is 3.31. The van der Waals surface area contributed by atoms with Gasteiger partial charge in [-0.15, -0.1) is 0 Å². The minimum absolute atomic E-state index is 0.497. The maximum atomic E-state index is 5.96. The summed E-state index contributed by atoms with van der Waals surface area (Å²) in [7, 11) is 0. The van der Waals surface area contributed by atoms with Gasteiger partial charge in [0.05, 0.1) is 18.8 Å². The minimum atomic E-state index is 0.497. The van der Waals surface area contributed by atoms with Crippen LogP contribution in [-0.2, 0) is 4.74 Å². The van der Waals surface area contributed by atoms with E-state index in [9.17, 15) is 0 Å². The molecule has 20 heavy (non-hydrogen) atoms. The molecule has 1 aromatic heterocycles. The highest BCUT2D eigenvalue weighted by atomic mass is 16.5. The molecule has 1 atom stereocenters. The molecule has 0 spiro atoms. The quantitative estimate of drug-likeness (QED) is 0.866. The summed E-state index contributed by atoms with van der Waals surface area (Å²) in [4.78, 5) is 9.26. The second kappa shape index (κ2) is 5.95. The van der Waals surface area contributed by atoms with E-state index in [2.05, 4.69) is 22.2 Å². The molecular weight excluding hydrogens is 254 g/mol. The van der Waals surface area contributed by atoms with Crippen molar-refractivity contribution in [3.63, 3.8) is 0 Å². The van der Waals surface area contributed by atoms with Crippen LogP contribution in [0.5, 0.6) is 5.88 Å². The average Bonchev–Trinajstić information content (AvgIpc) is 3.17. The summed E-state index contributed by atoms with van der Waals surface area (Å²) in [5.41, 5.74) is 1.01. The van der Waals surface area contributed by atoms with Crippen molar-refractivity contribution in [1.82, 2.24) is 9.97 Å². The maximum absolute atomic E-state index is 5.96. The molecule has 0 radical (unpaired) electrons. The first-order valence-corrected chi connectivity index (χ1v) is 7.61. The summed E-state index contributed by atoms with van der Waals surface area (Å²) >= 11 is 0. The molecule has 110 valence electrons. The van der Waals surface area contributed by atoms with Crippen molar-refractivity contribution >= 4 is 5.82 Å². The molecule has 2 aliphatic rings. The molecule has 1 unspecified atom stereocenters. The molecule has 2 heterocycles. The van der Waals surface area contributed by atoms with Crippen LogP contribution in [0.3, 0.4) is 0 Å². The predicted molar refractivity (Wildman–Crippen MR) is 77.3 cm³/mol. The first-order valence-electron chi connectivity index (χ1n) is 7.61. The Morgan fingerprint density at radius 1 is 1.30 bits per heavy atom. The van der Waals surface area contributed by atoms with Crippen LogP contribution in [0, 0.1) is 12.8 Å². The van der Waals surface area contributed by atoms with Crippen LogP contribution in [0.25, 0.3) is 0 Å². The van der Waals surface area contributed by atoms with E-state index in [0.29, 0.717) is 18.4 Å². The number of hydrogen-bond donors (Lipinski definition) is 1. The second-order valence-electron chi connectivity index (χ2n) is 5.71. The molecule has 1 aliphatic heterocycles. The number of anilines is 1. The average molecular weight is 277 g/mol. The Hall–Kier alpha value is -1.36. The summed E-state index contributed by atoms with van der Waals surface area (Å²) in [6.07, 6.45) is 3.48. The standard InChI is InChI=1S/C15H23N3O2/c1-3-16-13-10(2)15(18-14(17-13)12-4-5-12)20-9-11-6-7-19-8-11/h11-12H,3-9H2,1-2H3,(H,16,17,18). The Morgan fingerprint density at radius 2 is 2.15 bits per heavy atom. The van der Waals surface area contributed by atoms with E-state index in [-0.39, 0.29) is 0 Å². The highest BCUT2D eigenvalue weighted by Crippen LogP contribution is 2.40. The monoisotopic (exact) mass is 277 g/mol. The lowest BCUT2D eigenvalue weighted by Gasteiger charge is -2.15. The molecular formula is C15H23N3O2. The molecule has 1 saturated carbocycles. The maximum Gasteiger partial charge on any atom is 0.221 e. The van der Waals surface area contributed by atoms with Crippen molar-refractivity contribution in [1.29, 1.82) is 0 Å². The van der Waals surface area contributed by atoms with E-state index in [1.54, 1.807) is 0 Å². The molecule has 3 rings (SSSR count). The van der Waals surface area contributed by atoms with Crippen LogP contribution in [0.2, 0.25) is 0 Å². The number of aromatic nitrogens is 2. The third-order valence-corrected chi connectivity index (χ3v) is 3.88. The Balaban J connectivity index is 1.76. The Morgan fingerprint density at radius 3 is 2.80 bits per heavy atom. The van der Waals surface area contributed by atoms with Crippen LogP contribution in [0.15, 0.2) is 0 Å². The highest BCUT2D eigenvalue weighted by Gasteiger charge is 2.28. The lowest BCUT2D eigenvalue weighted by molar-refractivity contribution is 0.165. The molecule has 1 N–H and O–H groups in total. The van der Waals surface area contributed by atoms with Gasteiger partial charge in [0.25, 0.3) is 0 Å². The summed E-state index contributed by atoms with van der Waals surface area (Å²) in [5.74, 6) is 3.62. The van der Waals surface area contributed by atoms with E-state index < -0.39 is 0 Å². The van der Waals surface area contributed by atoms with Crippen molar-refractivity contribution in [2.75, 3.05) is 31.7 Å². The first-order chi connectivity index (χ1) is 9.78. The van der Waals surface area contributed by atoms with Gasteiger partial charge in [-0.2, -0.15) is 4.98 Å². The largest absolute Gasteiger partial charge is 0.477 e. The first kappa shape index (κ1) is 13.6. The van der Waals surface area contributed by atoms with Crippen molar-refractivity contribution in [3.8, 4) is 5.88 Å². The van der Waals surface area contributed by atoms with E-state index in [1.807, 2.05) is 6.92 Å². The smallest absolute Gasteiger partial charge is 0.221 e. The molecule has 2 fully saturated rings. The minimum Gasteiger partial charge on any atom is -0.477 e. The summed E-state index contributed by atoms with van der Waals surface area (Å²) in [6.45, 7) is 7.31. The zero-order valence-corrected chi connectivity index (χ0v) is 12.3. The van der Waals surface area contributed by atoms with Crippen molar-refractivity contribution < 1.29 is 9.47 Å². The fourth-order valence-electron chi connectivity index (χ4n) is 2.43. The number of nitrogens with one attached hydrogen (secondary N) is 1. The van der Waals surface area contributed by atoms with E-state index in [1.165, 1.54) is 12.8 Å². The van der Waals surface area contributed by atoms with Crippen LogP contribution in [-0.4, -0.2) is 36.3 Å².